The Morgan fingerprint density at radius 2 is 0.952 bits per heavy atom. The summed E-state index contributed by atoms with van der Waals surface area (Å²) < 4.78 is 6.78. The van der Waals surface area contributed by atoms with Crippen molar-refractivity contribution in [3.05, 3.63) is 201 Å². The molecule has 0 aliphatic rings. The fourth-order valence-corrected chi connectivity index (χ4v) is 10.2. The maximum Gasteiger partial charge on any atom is 0.235 e. The minimum atomic E-state index is 0.634. The largest absolute Gasteiger partial charge is 0.308 e. The number of aromatic nitrogens is 7. The molecule has 13 rings (SSSR count). The van der Waals surface area contributed by atoms with E-state index >= 15 is 0 Å². The molecule has 0 saturated heterocycles. The molecule has 0 N–H and O–H groups in total. The summed E-state index contributed by atoms with van der Waals surface area (Å²) in [5.41, 5.74) is 15.1. The summed E-state index contributed by atoms with van der Waals surface area (Å²) in [6.07, 6.45) is 5.67. The van der Waals surface area contributed by atoms with Crippen molar-refractivity contribution >= 4 is 75.4 Å². The van der Waals surface area contributed by atoms with Crippen LogP contribution in [0.1, 0.15) is 0 Å². The molecule has 6 aromatic carbocycles. The molecular weight excluding hydrogens is 791 g/mol. The lowest BCUT2D eigenvalue weighted by molar-refractivity contribution is 0.995. The summed E-state index contributed by atoms with van der Waals surface area (Å²) in [6.45, 7) is 0. The van der Waals surface area contributed by atoms with E-state index in [1.807, 2.05) is 36.8 Å². The Labute approximate surface area is 364 Å². The third-order valence-corrected chi connectivity index (χ3v) is 13.2. The van der Waals surface area contributed by atoms with E-state index in [4.69, 9.17) is 19.9 Å². The van der Waals surface area contributed by atoms with Crippen molar-refractivity contribution in [3.63, 3.8) is 0 Å². The van der Waals surface area contributed by atoms with Crippen LogP contribution in [0, 0.1) is 0 Å². The minimum Gasteiger partial charge on any atom is -0.308 e. The Kier molecular flexibility index (Phi) is 7.94. The van der Waals surface area contributed by atoms with Gasteiger partial charge in [-0.05, 0) is 83.9 Å². The second-order valence-electron chi connectivity index (χ2n) is 15.8. The molecule has 13 aromatic rings. The maximum atomic E-state index is 5.23. The fourth-order valence-electron chi connectivity index (χ4n) is 9.17. The molecule has 0 saturated carbocycles. The lowest BCUT2D eigenvalue weighted by Gasteiger charge is -2.12. The van der Waals surface area contributed by atoms with Crippen LogP contribution in [-0.2, 0) is 0 Å². The predicted octanol–water partition coefficient (Wildman–Crippen LogP) is 13.9. The number of hydrogen-bond donors (Lipinski definition) is 0. The van der Waals surface area contributed by atoms with Gasteiger partial charge in [0.25, 0.3) is 0 Å². The van der Waals surface area contributed by atoms with Gasteiger partial charge in [-0.1, -0.05) is 109 Å². The molecule has 0 amide bonds. The van der Waals surface area contributed by atoms with Crippen molar-refractivity contribution in [2.75, 3.05) is 0 Å². The van der Waals surface area contributed by atoms with Gasteiger partial charge in [-0.2, -0.15) is 0 Å². The summed E-state index contributed by atoms with van der Waals surface area (Å²) in [5.74, 6) is 0.634. The molecule has 0 spiro atoms. The first-order valence-electron chi connectivity index (χ1n) is 20.9. The molecule has 7 nitrogen and oxygen atoms in total. The van der Waals surface area contributed by atoms with Crippen LogP contribution in [0.3, 0.4) is 0 Å². The summed E-state index contributed by atoms with van der Waals surface area (Å²) in [6, 6.07) is 64.0. The third kappa shape index (κ3) is 5.76. The van der Waals surface area contributed by atoms with E-state index in [2.05, 4.69) is 178 Å². The third-order valence-electron chi connectivity index (χ3n) is 12.1. The molecule has 294 valence electrons. The van der Waals surface area contributed by atoms with E-state index in [1.165, 1.54) is 10.8 Å². The Bertz CT molecular complexity index is 3870. The first kappa shape index (κ1) is 35.4. The normalized spacial score (nSPS) is 11.8. The molecule has 8 heteroatoms. The number of benzene rings is 6. The van der Waals surface area contributed by atoms with Crippen LogP contribution in [0.4, 0.5) is 0 Å². The van der Waals surface area contributed by atoms with Crippen molar-refractivity contribution in [2.24, 2.45) is 0 Å². The number of hydrogen-bond acceptors (Lipinski definition) is 6. The number of para-hydroxylation sites is 2. The Morgan fingerprint density at radius 3 is 1.63 bits per heavy atom. The zero-order chi connectivity index (χ0) is 41.4. The number of rotatable bonds is 6. The van der Waals surface area contributed by atoms with Crippen molar-refractivity contribution < 1.29 is 0 Å². The second-order valence-corrected chi connectivity index (χ2v) is 16.9. The molecule has 7 heterocycles. The lowest BCUT2D eigenvalue weighted by Crippen LogP contribution is -2.03. The zero-order valence-corrected chi connectivity index (χ0v) is 34.4. The van der Waals surface area contributed by atoms with Gasteiger partial charge in [0.15, 0.2) is 0 Å². The second kappa shape index (κ2) is 14.1. The molecule has 0 unspecified atom stereocenters. The van der Waals surface area contributed by atoms with E-state index in [0.29, 0.717) is 5.95 Å². The van der Waals surface area contributed by atoms with Gasteiger partial charge in [0.05, 0.1) is 60.4 Å². The molecule has 0 radical (unpaired) electrons. The average molecular weight is 824 g/mol. The number of thiophene rings is 1. The Hall–Kier alpha value is -8.33. The van der Waals surface area contributed by atoms with Crippen LogP contribution in [0.15, 0.2) is 201 Å². The van der Waals surface area contributed by atoms with Gasteiger partial charge in [-0.15, -0.1) is 11.3 Å². The quantitative estimate of drug-likeness (QED) is 0.167. The maximum absolute atomic E-state index is 5.23. The van der Waals surface area contributed by atoms with Crippen LogP contribution < -0.4 is 0 Å². The number of fused-ring (bicyclic) bond motifs is 9. The molecule has 0 aliphatic carbocycles. The first-order chi connectivity index (χ1) is 31.2. The van der Waals surface area contributed by atoms with E-state index in [-0.39, 0.29) is 0 Å². The first-order valence-corrected chi connectivity index (χ1v) is 21.7. The lowest BCUT2D eigenvalue weighted by atomic mass is 10.0. The van der Waals surface area contributed by atoms with Crippen LogP contribution in [0.25, 0.3) is 121 Å². The van der Waals surface area contributed by atoms with E-state index in [9.17, 15) is 0 Å². The van der Waals surface area contributed by atoms with Crippen LogP contribution in [-0.4, -0.2) is 34.1 Å². The molecule has 7 aromatic heterocycles. The van der Waals surface area contributed by atoms with Gasteiger partial charge < -0.3 is 4.57 Å². The highest BCUT2D eigenvalue weighted by Crippen LogP contribution is 2.39. The van der Waals surface area contributed by atoms with Crippen molar-refractivity contribution in [2.45, 2.75) is 0 Å². The molecule has 0 aliphatic heterocycles. The van der Waals surface area contributed by atoms with Gasteiger partial charge >= 0.3 is 0 Å². The van der Waals surface area contributed by atoms with Crippen molar-refractivity contribution in [1.29, 1.82) is 0 Å². The van der Waals surface area contributed by atoms with Crippen LogP contribution >= 0.6 is 11.3 Å². The van der Waals surface area contributed by atoms with E-state index < -0.39 is 0 Å². The highest BCUT2D eigenvalue weighted by Gasteiger charge is 2.19. The molecule has 63 heavy (non-hydrogen) atoms. The minimum absolute atomic E-state index is 0.634. The smallest absolute Gasteiger partial charge is 0.235 e. The van der Waals surface area contributed by atoms with Crippen molar-refractivity contribution in [3.8, 4) is 56.5 Å². The average Bonchev–Trinajstić information content (AvgIpc) is 4.01. The van der Waals surface area contributed by atoms with Crippen LogP contribution in [0.2, 0.25) is 0 Å². The summed E-state index contributed by atoms with van der Waals surface area (Å²) in [7, 11) is 0. The monoisotopic (exact) mass is 823 g/mol. The zero-order valence-electron chi connectivity index (χ0n) is 33.6. The SMILES string of the molecule is c1ccc(-c2cc(-c3ccccc3)nc(-n3c4ccccc4c4cc(-c5ccc6c(c5)c5ccccc5n6-c5cncc(-c6ccc7sc8cccnc8c7n6)c5)ccc43)n2)cc1. The van der Waals surface area contributed by atoms with Gasteiger partial charge in [-0.3, -0.25) is 14.5 Å². The molecule has 0 atom stereocenters. The summed E-state index contributed by atoms with van der Waals surface area (Å²) in [5, 5.41) is 4.64. The Morgan fingerprint density at radius 1 is 0.365 bits per heavy atom. The predicted molar refractivity (Wildman–Crippen MR) is 259 cm³/mol. The highest BCUT2D eigenvalue weighted by atomic mass is 32.1. The van der Waals surface area contributed by atoms with Gasteiger partial charge in [0.2, 0.25) is 5.95 Å². The van der Waals surface area contributed by atoms with E-state index in [1.54, 1.807) is 11.3 Å². The van der Waals surface area contributed by atoms with Gasteiger partial charge in [-0.25, -0.2) is 15.0 Å². The van der Waals surface area contributed by atoms with Gasteiger partial charge in [0, 0.05) is 50.6 Å². The number of nitrogens with zero attached hydrogens (tertiary/aromatic N) is 7. The van der Waals surface area contributed by atoms with Crippen LogP contribution in [0.5, 0.6) is 0 Å². The summed E-state index contributed by atoms with van der Waals surface area (Å²) in [4.78, 5) is 25.0. The van der Waals surface area contributed by atoms with Gasteiger partial charge in [0.1, 0.15) is 11.0 Å². The highest BCUT2D eigenvalue weighted by molar-refractivity contribution is 7.25. The molecule has 0 fully saturated rings. The fraction of sp³-hybridized carbons (Fsp3) is 0. The Balaban J connectivity index is 0.938. The van der Waals surface area contributed by atoms with Crippen molar-refractivity contribution in [1.82, 2.24) is 34.1 Å². The molecular formula is C55H33N7S. The molecule has 0 bridgehead atoms. The van der Waals surface area contributed by atoms with E-state index in [0.717, 1.165) is 104 Å². The topological polar surface area (TPSA) is 74.3 Å². The standard InChI is InChI=1S/C55H33N7S/c1-3-12-34(13-4-1)45-31-46(35-14-5-2-6-15-35)60-55(59-45)62-48-19-10-8-17-41(48)43-30-37(22-25-50(43)62)36-21-24-49-42(29-36)40-16-7-9-18-47(40)61(49)39-28-38(32-56-33-39)44-23-26-52-54(58-44)53-51(63-52)20-11-27-57-53/h1-33H. The summed E-state index contributed by atoms with van der Waals surface area (Å²) >= 11 is 1.72. The number of pyridine rings is 3.